The number of carbonyl (C=O) groups excluding carboxylic acids is 3. The van der Waals surface area contributed by atoms with Crippen molar-refractivity contribution in [3.63, 3.8) is 0 Å². The van der Waals surface area contributed by atoms with Gasteiger partial charge in [-0.05, 0) is 29.7 Å². The second-order valence-corrected chi connectivity index (χ2v) is 8.02. The number of hydrogen-bond acceptors (Lipinski definition) is 6. The maximum atomic E-state index is 13.1. The van der Waals surface area contributed by atoms with Gasteiger partial charge in [-0.15, -0.1) is 0 Å². The van der Waals surface area contributed by atoms with Crippen LogP contribution in [-0.2, 0) is 34.0 Å². The number of anilines is 1. The van der Waals surface area contributed by atoms with E-state index < -0.39 is 44.6 Å². The Morgan fingerprint density at radius 2 is 1.88 bits per heavy atom. The van der Waals surface area contributed by atoms with E-state index in [0.29, 0.717) is 32.8 Å². The zero-order chi connectivity index (χ0) is 30.0. The highest BCUT2D eigenvalue weighted by atomic mass is 16.5. The third kappa shape index (κ3) is 4.62. The van der Waals surface area contributed by atoms with Crippen LogP contribution in [0.3, 0.4) is 0 Å². The Balaban J connectivity index is 1.32. The lowest BCUT2D eigenvalue weighted by Crippen LogP contribution is -2.52. The lowest BCUT2D eigenvalue weighted by atomic mass is 10.0. The molecule has 1 atom stereocenters. The fourth-order valence-electron chi connectivity index (χ4n) is 4.26. The van der Waals surface area contributed by atoms with Crippen molar-refractivity contribution < 1.29 is 30.1 Å². The molecule has 0 bridgehead atoms. The third-order valence-corrected chi connectivity index (χ3v) is 5.86. The SMILES string of the molecule is [2H]C1([2H])OC([2H])([2H])C([2H])([2H])N(Cc2cccc(CNc3cccc4c3CN(C3CCC(=O)NC3=O)C4=O)c2)C1([2H])[2H]. The Kier molecular flexibility index (Phi) is 3.99. The van der Waals surface area contributed by atoms with Crippen molar-refractivity contribution >= 4 is 23.4 Å². The van der Waals surface area contributed by atoms with Crippen LogP contribution in [0.4, 0.5) is 5.69 Å². The Labute approximate surface area is 204 Å². The quantitative estimate of drug-likeness (QED) is 0.645. The predicted octanol–water partition coefficient (Wildman–Crippen LogP) is 1.89. The average molecular weight is 457 g/mol. The number of nitrogens with one attached hydrogen (secondary N) is 2. The minimum Gasteiger partial charge on any atom is -0.381 e. The van der Waals surface area contributed by atoms with Crippen molar-refractivity contribution in [2.45, 2.75) is 38.5 Å². The van der Waals surface area contributed by atoms with Gasteiger partial charge in [-0.25, -0.2) is 0 Å². The Morgan fingerprint density at radius 3 is 2.70 bits per heavy atom. The number of amides is 3. The van der Waals surface area contributed by atoms with Gasteiger partial charge in [0.25, 0.3) is 5.91 Å². The van der Waals surface area contributed by atoms with Gasteiger partial charge < -0.3 is 15.0 Å². The largest absolute Gasteiger partial charge is 0.381 e. The number of morpholine rings is 1. The first kappa shape index (κ1) is 14.1. The summed E-state index contributed by atoms with van der Waals surface area (Å²) in [5, 5.41) is 5.56. The maximum Gasteiger partial charge on any atom is 0.255 e. The monoisotopic (exact) mass is 456 g/mol. The highest BCUT2D eigenvalue weighted by Gasteiger charge is 2.39. The van der Waals surface area contributed by atoms with E-state index in [2.05, 4.69) is 15.4 Å². The van der Waals surface area contributed by atoms with E-state index in [4.69, 9.17) is 11.0 Å². The average Bonchev–Trinajstić information content (AvgIpc) is 3.21. The lowest BCUT2D eigenvalue weighted by molar-refractivity contribution is -0.136. The van der Waals surface area contributed by atoms with Crippen LogP contribution in [0.25, 0.3) is 0 Å². The molecule has 2 aromatic rings. The smallest absolute Gasteiger partial charge is 0.255 e. The number of imide groups is 1. The van der Waals surface area contributed by atoms with Crippen LogP contribution >= 0.6 is 0 Å². The second kappa shape index (κ2) is 9.33. The molecule has 0 saturated carbocycles. The second-order valence-electron chi connectivity index (χ2n) is 8.02. The molecule has 33 heavy (non-hydrogen) atoms. The van der Waals surface area contributed by atoms with E-state index in [1.54, 1.807) is 42.5 Å². The standard InChI is InChI=1S/C25H28N4O4/c30-23-8-7-22(24(31)27-23)29-16-20-19(25(29)32)5-2-6-21(20)26-14-17-3-1-4-18(13-17)15-28-9-11-33-12-10-28/h1-6,13,22,26H,7-12,14-16H2,(H,27,30,31)/i9D2,10D2,11D2,12D2. The molecule has 8 heteroatoms. The molecule has 3 aliphatic heterocycles. The molecule has 0 spiro atoms. The molecule has 0 radical (unpaired) electrons. The first-order valence-electron chi connectivity index (χ1n) is 14.6. The minimum atomic E-state index is -3.12. The van der Waals surface area contributed by atoms with Crippen LogP contribution < -0.4 is 10.6 Å². The van der Waals surface area contributed by atoms with E-state index in [-0.39, 0.29) is 37.7 Å². The number of carbonyl (C=O) groups is 3. The number of hydrogen-bond donors (Lipinski definition) is 2. The molecule has 0 aliphatic carbocycles. The van der Waals surface area contributed by atoms with Crippen molar-refractivity contribution in [1.29, 1.82) is 0 Å². The van der Waals surface area contributed by atoms with E-state index in [0.717, 1.165) is 0 Å². The van der Waals surface area contributed by atoms with Gasteiger partial charge in [-0.1, -0.05) is 30.3 Å². The number of ether oxygens (including phenoxy) is 1. The van der Waals surface area contributed by atoms with Crippen LogP contribution in [0.2, 0.25) is 0 Å². The Hall–Kier alpha value is -3.23. The first-order chi connectivity index (χ1) is 19.0. The predicted molar refractivity (Wildman–Crippen MR) is 122 cm³/mol. The van der Waals surface area contributed by atoms with E-state index in [1.165, 1.54) is 4.90 Å². The third-order valence-electron chi connectivity index (χ3n) is 5.86. The molecule has 3 aliphatic rings. The summed E-state index contributed by atoms with van der Waals surface area (Å²) >= 11 is 0. The fourth-order valence-corrected chi connectivity index (χ4v) is 4.26. The molecular weight excluding hydrogens is 420 g/mol. The van der Waals surface area contributed by atoms with Crippen molar-refractivity contribution in [2.24, 2.45) is 0 Å². The number of fused-ring (bicyclic) bond motifs is 1. The summed E-state index contributed by atoms with van der Waals surface area (Å²) < 4.78 is 69.0. The van der Waals surface area contributed by atoms with Crippen molar-refractivity contribution in [3.05, 3.63) is 64.7 Å². The van der Waals surface area contributed by atoms with Gasteiger partial charge in [-0.3, -0.25) is 24.6 Å². The molecule has 3 amide bonds. The summed E-state index contributed by atoms with van der Waals surface area (Å²) in [6, 6.07) is 11.2. The molecule has 1 unspecified atom stereocenters. The zero-order valence-electron chi connectivity index (χ0n) is 25.7. The van der Waals surface area contributed by atoms with Crippen LogP contribution in [0.5, 0.6) is 0 Å². The number of benzene rings is 2. The number of piperidine rings is 1. The van der Waals surface area contributed by atoms with Crippen molar-refractivity contribution in [2.75, 3.05) is 31.4 Å². The topological polar surface area (TPSA) is 91.0 Å². The van der Waals surface area contributed by atoms with Crippen molar-refractivity contribution in [1.82, 2.24) is 15.1 Å². The molecule has 0 aromatic heterocycles. The lowest BCUT2D eigenvalue weighted by Gasteiger charge is -2.29. The zero-order valence-corrected chi connectivity index (χ0v) is 17.7. The van der Waals surface area contributed by atoms with Gasteiger partial charge in [-0.2, -0.15) is 0 Å². The van der Waals surface area contributed by atoms with Gasteiger partial charge in [0.1, 0.15) is 6.04 Å². The maximum absolute atomic E-state index is 13.1. The van der Waals surface area contributed by atoms with Crippen LogP contribution in [0, 0.1) is 0 Å². The fraction of sp³-hybridized carbons (Fsp3) is 0.400. The highest BCUT2D eigenvalue weighted by molar-refractivity contribution is 6.06. The molecule has 8 nitrogen and oxygen atoms in total. The molecule has 2 aromatic carbocycles. The molecule has 2 saturated heterocycles. The normalized spacial score (nSPS) is 30.8. The van der Waals surface area contributed by atoms with Gasteiger partial charge in [0, 0.05) is 61.3 Å². The van der Waals surface area contributed by atoms with Gasteiger partial charge in [0.15, 0.2) is 0 Å². The summed E-state index contributed by atoms with van der Waals surface area (Å²) in [6.07, 6.45) is 0.406. The van der Waals surface area contributed by atoms with Crippen LogP contribution in [-0.4, -0.2) is 59.7 Å². The summed E-state index contributed by atoms with van der Waals surface area (Å²) in [5.41, 5.74) is 2.96. The van der Waals surface area contributed by atoms with Crippen LogP contribution in [0.1, 0.15) is 50.9 Å². The summed E-state index contributed by atoms with van der Waals surface area (Å²) in [4.78, 5) is 38.9. The molecule has 5 rings (SSSR count). The number of rotatable bonds is 6. The summed E-state index contributed by atoms with van der Waals surface area (Å²) in [7, 11) is 0. The first-order valence-corrected chi connectivity index (χ1v) is 10.6. The van der Waals surface area contributed by atoms with Gasteiger partial charge in [0.05, 0.1) is 18.6 Å². The molecule has 3 heterocycles. The summed E-state index contributed by atoms with van der Waals surface area (Å²) in [5.74, 6) is -1.16. The van der Waals surface area contributed by atoms with Gasteiger partial charge >= 0.3 is 0 Å². The Bertz CT molecular complexity index is 1390. The van der Waals surface area contributed by atoms with E-state index in [1.807, 2.05) is 0 Å². The molecule has 172 valence electrons. The molecule has 2 N–H and O–H groups in total. The minimum absolute atomic E-state index is 0.153. The van der Waals surface area contributed by atoms with Crippen molar-refractivity contribution in [3.8, 4) is 0 Å². The molecule has 2 fully saturated rings. The van der Waals surface area contributed by atoms with Gasteiger partial charge in [0.2, 0.25) is 11.8 Å². The molecular formula is C25H28N4O4. The van der Waals surface area contributed by atoms with Crippen LogP contribution in [0.15, 0.2) is 42.5 Å². The van der Waals surface area contributed by atoms with E-state index >= 15 is 0 Å². The summed E-state index contributed by atoms with van der Waals surface area (Å²) in [6.45, 7) is -12.2. The highest BCUT2D eigenvalue weighted by Crippen LogP contribution is 2.32. The number of nitrogens with zero attached hydrogens (tertiary/aromatic N) is 2. The van der Waals surface area contributed by atoms with E-state index in [9.17, 15) is 14.4 Å². The Morgan fingerprint density at radius 1 is 1.09 bits per heavy atom.